The zero-order valence-electron chi connectivity index (χ0n) is 40.8. The first-order valence-electron chi connectivity index (χ1n) is 23.2. The van der Waals surface area contributed by atoms with Crippen LogP contribution in [0.5, 0.6) is 5.75 Å². The number of halogens is 24. The number of hydrogen-bond donors (Lipinski definition) is 0. The monoisotopic (exact) mass is 1200 g/mol. The number of carbonyl (C=O) groups is 1. The number of alkyl halides is 24. The third-order valence-corrected chi connectivity index (χ3v) is 12.7. The van der Waals surface area contributed by atoms with Gasteiger partial charge in [0.25, 0.3) is 5.69 Å². The minimum absolute atomic E-state index is 0.363. The molecule has 0 N–H and O–H groups in total. The fraction of sp³-hybridized carbons (Fsp3) is 0.164. The van der Waals surface area contributed by atoms with E-state index in [4.69, 9.17) is 4.74 Å². The summed E-state index contributed by atoms with van der Waals surface area (Å²) in [6.45, 7) is 0.599. The fourth-order valence-electron chi connectivity index (χ4n) is 9.10. The molecular formula is C55H30BF24NO2. The van der Waals surface area contributed by atoms with Gasteiger partial charge in [0.05, 0.1) is 44.5 Å². The molecule has 0 saturated carbocycles. The molecule has 0 aliphatic rings. The SMILES string of the molecule is FC(F)(F)c1cc([B-](c2cc(C(F)(F)F)cc(C(F)(F)F)c2)(c2cc(C(F)(F)F)cc(C(F)(F)F)c2)c2cc(C(F)(F)F)cc(C(F)(F)F)c2)cc(C(F)(F)F)c1.O=C(Oc1ccccc1)c1ccc2ccccc2[n+]1Cc1ccccc1. The molecule has 0 radical (unpaired) electrons. The molecular weight excluding hydrogens is 1170 g/mol. The lowest BCUT2D eigenvalue weighted by atomic mass is 9.12. The summed E-state index contributed by atoms with van der Waals surface area (Å²) in [5.41, 5.74) is -27.6. The number of para-hydroxylation sites is 2. The van der Waals surface area contributed by atoms with Crippen molar-refractivity contribution in [3.05, 3.63) is 226 Å². The number of carbonyl (C=O) groups excluding carboxylic acids is 1. The second-order valence-corrected chi connectivity index (χ2v) is 18.3. The van der Waals surface area contributed by atoms with Gasteiger partial charge in [-0.25, -0.2) is 4.79 Å². The molecule has 8 rings (SSSR count). The molecule has 28 heteroatoms. The summed E-state index contributed by atoms with van der Waals surface area (Å²) in [6, 6.07) is 22.3. The normalized spacial score (nSPS) is 13.2. The molecule has 8 aromatic rings. The second kappa shape index (κ2) is 22.2. The number of fused-ring (bicyclic) bond motifs is 1. The maximum absolute atomic E-state index is 14.2. The highest BCUT2D eigenvalue weighted by Gasteiger charge is 2.47. The number of hydrogen-bond acceptors (Lipinski definition) is 2. The number of rotatable bonds is 8. The Kier molecular flexibility index (Phi) is 16.7. The van der Waals surface area contributed by atoms with Gasteiger partial charge < -0.3 is 4.74 Å². The molecule has 1 heterocycles. The van der Waals surface area contributed by atoms with Crippen molar-refractivity contribution in [2.24, 2.45) is 0 Å². The van der Waals surface area contributed by atoms with E-state index in [0.717, 1.165) is 16.5 Å². The van der Waals surface area contributed by atoms with E-state index in [9.17, 15) is 110 Å². The molecule has 7 aromatic carbocycles. The van der Waals surface area contributed by atoms with Crippen molar-refractivity contribution < 1.29 is 119 Å². The molecule has 0 fully saturated rings. The van der Waals surface area contributed by atoms with Gasteiger partial charge in [-0.2, -0.15) is 132 Å². The summed E-state index contributed by atoms with van der Waals surface area (Å²) >= 11 is 0. The Morgan fingerprint density at radius 1 is 0.337 bits per heavy atom. The Morgan fingerprint density at radius 2 is 0.614 bits per heavy atom. The summed E-state index contributed by atoms with van der Waals surface area (Å²) in [5.74, 6) is 0.176. The van der Waals surface area contributed by atoms with Crippen LogP contribution in [0.1, 0.15) is 60.6 Å². The smallest absolute Gasteiger partial charge is 0.416 e. The van der Waals surface area contributed by atoms with Crippen LogP contribution >= 0.6 is 0 Å². The Bertz CT molecular complexity index is 3210. The predicted octanol–water partition coefficient (Wildman–Crippen LogP) is 15.6. The third-order valence-electron chi connectivity index (χ3n) is 12.7. The summed E-state index contributed by atoms with van der Waals surface area (Å²) in [7, 11) is 0. The topological polar surface area (TPSA) is 30.2 Å². The number of pyridine rings is 1. The largest absolute Gasteiger partial charge is 0.419 e. The van der Waals surface area contributed by atoms with Crippen molar-refractivity contribution in [3.63, 3.8) is 0 Å². The molecule has 438 valence electrons. The molecule has 0 saturated heterocycles. The van der Waals surface area contributed by atoms with Crippen molar-refractivity contribution in [1.82, 2.24) is 0 Å². The second-order valence-electron chi connectivity index (χ2n) is 18.3. The van der Waals surface area contributed by atoms with E-state index in [1.165, 1.54) is 0 Å². The average molecular weight is 1200 g/mol. The highest BCUT2D eigenvalue weighted by atomic mass is 19.4. The van der Waals surface area contributed by atoms with E-state index >= 15 is 0 Å². The molecule has 83 heavy (non-hydrogen) atoms. The van der Waals surface area contributed by atoms with Crippen LogP contribution in [0.25, 0.3) is 10.9 Å². The minimum Gasteiger partial charge on any atom is -0.419 e. The van der Waals surface area contributed by atoms with Crippen molar-refractivity contribution >= 4 is 44.9 Å². The van der Waals surface area contributed by atoms with Crippen LogP contribution in [-0.2, 0) is 56.0 Å². The maximum Gasteiger partial charge on any atom is 0.416 e. The van der Waals surface area contributed by atoms with Crippen LogP contribution in [0.15, 0.2) is 170 Å². The lowest BCUT2D eigenvalue weighted by Gasteiger charge is -2.46. The first-order chi connectivity index (χ1) is 38.1. The van der Waals surface area contributed by atoms with Gasteiger partial charge >= 0.3 is 55.4 Å². The fourth-order valence-corrected chi connectivity index (χ4v) is 9.10. The molecule has 0 atom stereocenters. The van der Waals surface area contributed by atoms with Crippen LogP contribution in [0.3, 0.4) is 0 Å². The number of benzene rings is 7. The van der Waals surface area contributed by atoms with Crippen LogP contribution in [0.2, 0.25) is 0 Å². The predicted molar refractivity (Wildman–Crippen MR) is 251 cm³/mol. The van der Waals surface area contributed by atoms with Gasteiger partial charge in [-0.15, -0.1) is 0 Å². The lowest BCUT2D eigenvalue weighted by Crippen LogP contribution is -2.75. The van der Waals surface area contributed by atoms with Gasteiger partial charge in [0.2, 0.25) is 5.52 Å². The van der Waals surface area contributed by atoms with Gasteiger partial charge in [0.15, 0.2) is 6.54 Å². The summed E-state index contributed by atoms with van der Waals surface area (Å²) < 4.78 is 348. The maximum atomic E-state index is 14.2. The van der Waals surface area contributed by atoms with Gasteiger partial charge in [-0.3, -0.25) is 0 Å². The third kappa shape index (κ3) is 14.2. The summed E-state index contributed by atoms with van der Waals surface area (Å²) in [5, 5.41) is 1.08. The highest BCUT2D eigenvalue weighted by molar-refractivity contribution is 7.20. The van der Waals surface area contributed by atoms with E-state index in [1.807, 2.05) is 77.4 Å². The summed E-state index contributed by atoms with van der Waals surface area (Å²) in [4.78, 5) is 12.8. The lowest BCUT2D eigenvalue weighted by molar-refractivity contribution is -0.664. The van der Waals surface area contributed by atoms with Crippen LogP contribution in [0.4, 0.5) is 105 Å². The van der Waals surface area contributed by atoms with Crippen molar-refractivity contribution in [1.29, 1.82) is 0 Å². The van der Waals surface area contributed by atoms with Crippen molar-refractivity contribution in [3.8, 4) is 5.75 Å². The molecule has 3 nitrogen and oxygen atoms in total. The van der Waals surface area contributed by atoms with E-state index < -0.39 is 195 Å². The van der Waals surface area contributed by atoms with Gasteiger partial charge in [-0.05, 0) is 48.5 Å². The number of nitrogens with zero attached hydrogens (tertiary/aromatic N) is 1. The van der Waals surface area contributed by atoms with Gasteiger partial charge in [-0.1, -0.05) is 109 Å². The standard InChI is InChI=1S/C32H12BF24.C23H18NO2/c34-25(35,36)13-1-14(26(37,38)39)6-21(5-13)33(22-7-15(27(40,41)42)2-16(8-22)28(43,44)45,23-9-17(29(46,47)48)3-18(10-23)30(49,50)51)24-11-19(31(52,53)54)4-20(12-24)32(55,56)57;25-23(26-20-12-5-2-6-13-20)22-16-15-19-11-7-8-14-21(19)24(22)17-18-9-3-1-4-10-18/h1-12H;1-16H,17H2/q-1;+1. The minimum atomic E-state index is -6.13. The molecule has 0 spiro atoms. The average Bonchev–Trinajstić information content (AvgIpc) is 1.78. The number of esters is 1. The molecule has 0 unspecified atom stereocenters. The Labute approximate surface area is 450 Å². The van der Waals surface area contributed by atoms with Gasteiger partial charge in [0, 0.05) is 23.1 Å². The van der Waals surface area contributed by atoms with E-state index in [-0.39, 0.29) is 5.97 Å². The molecule has 0 aliphatic carbocycles. The zero-order chi connectivity index (χ0) is 61.7. The highest BCUT2D eigenvalue weighted by Crippen LogP contribution is 2.41. The Hall–Kier alpha value is -8.20. The molecule has 0 amide bonds. The van der Waals surface area contributed by atoms with Gasteiger partial charge in [0.1, 0.15) is 11.9 Å². The first-order valence-corrected chi connectivity index (χ1v) is 23.2. The van der Waals surface area contributed by atoms with E-state index in [2.05, 4.69) is 12.1 Å². The quantitative estimate of drug-likeness (QED) is 0.0499. The molecule has 0 aliphatic heterocycles. The van der Waals surface area contributed by atoms with Crippen LogP contribution < -0.4 is 31.2 Å². The van der Waals surface area contributed by atoms with Crippen molar-refractivity contribution in [2.45, 2.75) is 56.0 Å². The molecule has 0 bridgehead atoms. The van der Waals surface area contributed by atoms with E-state index in [0.29, 0.717) is 18.0 Å². The van der Waals surface area contributed by atoms with Crippen molar-refractivity contribution in [2.75, 3.05) is 0 Å². The van der Waals surface area contributed by atoms with E-state index in [1.54, 1.807) is 12.1 Å². The number of ether oxygens (including phenoxy) is 1. The van der Waals surface area contributed by atoms with Crippen LogP contribution in [-0.4, -0.2) is 12.1 Å². The zero-order valence-corrected chi connectivity index (χ0v) is 40.8. The molecule has 1 aromatic heterocycles. The Balaban J connectivity index is 0.000000313. The Morgan fingerprint density at radius 3 is 0.916 bits per heavy atom. The number of aromatic nitrogens is 1. The first kappa shape index (κ1) is 62.4. The van der Waals surface area contributed by atoms with Crippen LogP contribution in [0, 0.1) is 0 Å². The summed E-state index contributed by atoms with van der Waals surface area (Å²) in [6.07, 6.45) is -54.8.